The highest BCUT2D eigenvalue weighted by atomic mass is 35.5. The quantitative estimate of drug-likeness (QED) is 0.628. The van der Waals surface area contributed by atoms with E-state index < -0.39 is 20.5 Å². The van der Waals surface area contributed by atoms with Gasteiger partial charge in [0.1, 0.15) is 0 Å². The maximum absolute atomic E-state index is 13.5. The number of hydrogen-bond acceptors (Lipinski definition) is 4. The summed E-state index contributed by atoms with van der Waals surface area (Å²) >= 11 is 11.3. The van der Waals surface area contributed by atoms with Crippen LogP contribution >= 0.6 is 23.8 Å². The molecule has 2 aromatic rings. The van der Waals surface area contributed by atoms with Crippen LogP contribution in [0.15, 0.2) is 53.4 Å². The Kier molecular flexibility index (Phi) is 6.15. The Balaban J connectivity index is 2.08. The van der Waals surface area contributed by atoms with Crippen molar-refractivity contribution >= 4 is 38.6 Å². The number of nitrogens with two attached hydrogens (primary N) is 1. The molecule has 0 amide bonds. The van der Waals surface area contributed by atoms with E-state index >= 15 is 0 Å². The molecule has 0 spiro atoms. The Bertz CT molecular complexity index is 958. The van der Waals surface area contributed by atoms with Crippen LogP contribution in [0.4, 0.5) is 0 Å². The Morgan fingerprint density at radius 1 is 1.14 bits per heavy atom. The number of hydrogen-bond donors (Lipinski definition) is 1. The molecule has 0 aromatic heterocycles. The van der Waals surface area contributed by atoms with Gasteiger partial charge in [0.2, 0.25) is 0 Å². The monoisotopic (exact) mass is 437 g/mol. The average molecular weight is 438 g/mol. The van der Waals surface area contributed by atoms with Gasteiger partial charge in [0.25, 0.3) is 0 Å². The van der Waals surface area contributed by atoms with Crippen molar-refractivity contribution in [3.63, 3.8) is 0 Å². The fraction of sp³-hybridized carbons (Fsp3) is 0.381. The van der Waals surface area contributed by atoms with Crippen molar-refractivity contribution in [1.82, 2.24) is 0 Å². The SMILES string of the molecule is CCOC[C@]1(C(N)=S)[C@H](c2ccc(CC)cc2)[C@@H]1S(=O)(=O)c1ccc(Cl)cc1. The minimum atomic E-state index is -3.68. The summed E-state index contributed by atoms with van der Waals surface area (Å²) in [5.41, 5.74) is 7.29. The van der Waals surface area contributed by atoms with E-state index in [1.165, 1.54) is 17.7 Å². The molecule has 0 radical (unpaired) electrons. The normalized spacial score (nSPS) is 24.1. The van der Waals surface area contributed by atoms with Crippen LogP contribution in [-0.4, -0.2) is 31.9 Å². The molecule has 0 bridgehead atoms. The Morgan fingerprint density at radius 2 is 1.75 bits per heavy atom. The summed E-state index contributed by atoms with van der Waals surface area (Å²) in [4.78, 5) is 0.389. The summed E-state index contributed by atoms with van der Waals surface area (Å²) in [6.45, 7) is 4.58. The third-order valence-corrected chi connectivity index (χ3v) is 8.41. The van der Waals surface area contributed by atoms with Crippen LogP contribution in [0.3, 0.4) is 0 Å². The highest BCUT2D eigenvalue weighted by molar-refractivity contribution is 7.92. The van der Waals surface area contributed by atoms with E-state index in [2.05, 4.69) is 6.92 Å². The van der Waals surface area contributed by atoms with Crippen molar-refractivity contribution in [3.8, 4) is 0 Å². The molecule has 1 saturated carbocycles. The van der Waals surface area contributed by atoms with E-state index in [0.29, 0.717) is 11.6 Å². The third kappa shape index (κ3) is 3.59. The van der Waals surface area contributed by atoms with Crippen LogP contribution in [0, 0.1) is 5.41 Å². The zero-order valence-corrected chi connectivity index (χ0v) is 18.3. The molecule has 28 heavy (non-hydrogen) atoms. The third-order valence-electron chi connectivity index (χ3n) is 5.48. The molecule has 150 valence electrons. The topological polar surface area (TPSA) is 69.4 Å². The lowest BCUT2D eigenvalue weighted by molar-refractivity contribution is 0.121. The van der Waals surface area contributed by atoms with Crippen LogP contribution < -0.4 is 5.73 Å². The number of ether oxygens (including phenoxy) is 1. The Labute approximate surface area is 177 Å². The summed E-state index contributed by atoms with van der Waals surface area (Å²) in [5, 5.41) is -0.283. The van der Waals surface area contributed by atoms with E-state index in [0.717, 1.165) is 12.0 Å². The van der Waals surface area contributed by atoms with Gasteiger partial charge in [-0.15, -0.1) is 0 Å². The smallest absolute Gasteiger partial charge is 0.182 e. The first-order valence-corrected chi connectivity index (χ1v) is 11.6. The summed E-state index contributed by atoms with van der Waals surface area (Å²) in [6.07, 6.45) is 0.914. The van der Waals surface area contributed by atoms with Crippen molar-refractivity contribution in [2.45, 2.75) is 36.3 Å². The summed E-state index contributed by atoms with van der Waals surface area (Å²) in [7, 11) is -3.68. The highest BCUT2D eigenvalue weighted by Gasteiger charge is 2.73. The van der Waals surface area contributed by atoms with Gasteiger partial charge in [0.15, 0.2) is 9.84 Å². The molecule has 0 heterocycles. The van der Waals surface area contributed by atoms with Crippen LogP contribution in [0.2, 0.25) is 5.02 Å². The van der Waals surface area contributed by atoms with Gasteiger partial charge in [-0.3, -0.25) is 0 Å². The highest BCUT2D eigenvalue weighted by Crippen LogP contribution is 2.64. The molecule has 7 heteroatoms. The zero-order chi connectivity index (χ0) is 20.5. The second kappa shape index (κ2) is 8.11. The lowest BCUT2D eigenvalue weighted by Gasteiger charge is -2.17. The average Bonchev–Trinajstić information content (AvgIpc) is 3.38. The first-order valence-electron chi connectivity index (χ1n) is 9.25. The second-order valence-corrected chi connectivity index (χ2v) is 9.98. The van der Waals surface area contributed by atoms with Crippen molar-refractivity contribution in [1.29, 1.82) is 0 Å². The van der Waals surface area contributed by atoms with Crippen molar-refractivity contribution in [2.75, 3.05) is 13.2 Å². The van der Waals surface area contributed by atoms with Crippen molar-refractivity contribution in [2.24, 2.45) is 11.1 Å². The standard InChI is InChI=1S/C21H24ClNO3S2/c1-3-14-5-7-15(8-6-14)18-19(21(18,20(23)27)13-26-4-2)28(24,25)17-11-9-16(22)10-12-17/h5-12,18-19H,3-4,13H2,1-2H3,(H2,23,27)/t18-,19+,21+/m1/s1. The minimum Gasteiger partial charge on any atom is -0.393 e. The zero-order valence-electron chi connectivity index (χ0n) is 15.9. The van der Waals surface area contributed by atoms with Crippen LogP contribution in [0.25, 0.3) is 0 Å². The van der Waals surface area contributed by atoms with Gasteiger partial charge in [0.05, 0.1) is 27.2 Å². The molecule has 3 rings (SSSR count). The van der Waals surface area contributed by atoms with Gasteiger partial charge >= 0.3 is 0 Å². The molecular formula is C21H24ClNO3S2. The van der Waals surface area contributed by atoms with Crippen LogP contribution in [0.1, 0.15) is 30.9 Å². The minimum absolute atomic E-state index is 0.174. The number of sulfone groups is 1. The van der Waals surface area contributed by atoms with Crippen LogP contribution in [-0.2, 0) is 21.0 Å². The number of halogens is 1. The van der Waals surface area contributed by atoms with Crippen LogP contribution in [0.5, 0.6) is 0 Å². The molecule has 2 N–H and O–H groups in total. The lowest BCUT2D eigenvalue weighted by atomic mass is 9.98. The lowest BCUT2D eigenvalue weighted by Crippen LogP contribution is -2.33. The second-order valence-electron chi connectivity index (χ2n) is 7.03. The fourth-order valence-electron chi connectivity index (χ4n) is 3.87. The van der Waals surface area contributed by atoms with E-state index in [-0.39, 0.29) is 22.4 Å². The number of rotatable bonds is 8. The Morgan fingerprint density at radius 3 is 2.25 bits per heavy atom. The predicted octanol–water partition coefficient (Wildman–Crippen LogP) is 4.15. The molecule has 0 saturated heterocycles. The van der Waals surface area contributed by atoms with Crippen molar-refractivity contribution < 1.29 is 13.2 Å². The largest absolute Gasteiger partial charge is 0.393 e. The number of benzene rings is 2. The van der Waals surface area contributed by atoms with Gasteiger partial charge in [0, 0.05) is 17.5 Å². The van der Waals surface area contributed by atoms with E-state index in [1.54, 1.807) is 12.1 Å². The summed E-state index contributed by atoms with van der Waals surface area (Å²) in [5.74, 6) is -0.344. The fourth-order valence-corrected chi connectivity index (χ4v) is 6.77. The molecule has 0 unspecified atom stereocenters. The molecular weight excluding hydrogens is 414 g/mol. The molecule has 3 atom stereocenters. The van der Waals surface area contributed by atoms with E-state index in [9.17, 15) is 8.42 Å². The molecule has 2 aromatic carbocycles. The number of aryl methyl sites for hydroxylation is 1. The molecule has 1 fully saturated rings. The van der Waals surface area contributed by atoms with Gasteiger partial charge in [-0.25, -0.2) is 8.42 Å². The molecule has 0 aliphatic heterocycles. The summed E-state index contributed by atoms with van der Waals surface area (Å²) < 4.78 is 32.6. The van der Waals surface area contributed by atoms with Gasteiger partial charge in [-0.05, 0) is 48.7 Å². The Hall–Kier alpha value is -1.47. The van der Waals surface area contributed by atoms with E-state index in [4.69, 9.17) is 34.3 Å². The van der Waals surface area contributed by atoms with E-state index in [1.807, 2.05) is 31.2 Å². The first-order chi connectivity index (χ1) is 13.3. The van der Waals surface area contributed by atoms with Crippen molar-refractivity contribution in [3.05, 3.63) is 64.7 Å². The molecule has 1 aliphatic carbocycles. The number of thiocarbonyl (C=S) groups is 1. The van der Waals surface area contributed by atoms with Gasteiger partial charge < -0.3 is 10.5 Å². The maximum atomic E-state index is 13.5. The first kappa shape index (κ1) is 21.2. The van der Waals surface area contributed by atoms with Gasteiger partial charge in [-0.2, -0.15) is 0 Å². The summed E-state index contributed by atoms with van der Waals surface area (Å²) in [6, 6.07) is 14.2. The molecule has 4 nitrogen and oxygen atoms in total. The maximum Gasteiger partial charge on any atom is 0.182 e. The van der Waals surface area contributed by atoms with Gasteiger partial charge in [-0.1, -0.05) is 55.0 Å². The predicted molar refractivity (Wildman–Crippen MR) is 117 cm³/mol. The molecule has 1 aliphatic rings.